The molecule has 0 aromatic heterocycles. The standard InChI is InChI=1S/2C25H33N2.2Co.P4/c2*1-7-20-13-11-14-21(8-2)24(20)26-18(5)17-19(6)27-25-22(9-3)15-12-16-23(25)10-4;;;1-2-4-3-1/h2*11-17H,7-10H2,1-6H3;;;/q2*-1;;;/b2*18-17-,27-19?;;;. The number of hydrogen-bond donors (Lipinski definition) is 0. The summed E-state index contributed by atoms with van der Waals surface area (Å²) >= 11 is 0. The third kappa shape index (κ3) is 17.3. The van der Waals surface area contributed by atoms with Crippen molar-refractivity contribution in [2.24, 2.45) is 9.98 Å². The average Bonchev–Trinajstić information content (AvgIpc) is 3.20. The fourth-order valence-corrected chi connectivity index (χ4v) is 10.1. The van der Waals surface area contributed by atoms with Crippen molar-refractivity contribution >= 4 is 64.4 Å². The summed E-state index contributed by atoms with van der Waals surface area (Å²) in [5, 5.41) is 9.90. The van der Waals surface area contributed by atoms with Crippen LogP contribution in [0.2, 0.25) is 0 Å². The first-order valence-corrected chi connectivity index (χ1v) is 27.6. The molecule has 0 spiro atoms. The smallest absolute Gasteiger partial charge is 0.0696 e. The van der Waals surface area contributed by atoms with Gasteiger partial charge in [0.25, 0.3) is 0 Å². The number of aryl methyl sites for hydroxylation is 8. The number of rotatable bonds is 16. The average molecular weight is 965 g/mol. The molecule has 1 aliphatic heterocycles. The van der Waals surface area contributed by atoms with Crippen molar-refractivity contribution in [3.63, 3.8) is 0 Å². The number of benzene rings is 4. The van der Waals surface area contributed by atoms with Crippen molar-refractivity contribution in [2.45, 2.75) is 134 Å². The molecule has 60 heavy (non-hydrogen) atoms. The van der Waals surface area contributed by atoms with E-state index in [9.17, 15) is 0 Å². The quantitative estimate of drug-likeness (QED) is 0.0794. The van der Waals surface area contributed by atoms with E-state index < -0.39 is 0 Å². The van der Waals surface area contributed by atoms with E-state index in [1.165, 1.54) is 44.5 Å². The van der Waals surface area contributed by atoms with E-state index in [1.807, 2.05) is 0 Å². The first-order chi connectivity index (χ1) is 28.1. The molecule has 326 valence electrons. The van der Waals surface area contributed by atoms with Crippen LogP contribution in [0.25, 0.3) is 10.6 Å². The zero-order valence-electron chi connectivity index (χ0n) is 38.0. The molecular formula is C50H66Co2N4P4-2. The van der Waals surface area contributed by atoms with Gasteiger partial charge in [0, 0.05) is 75.2 Å². The van der Waals surface area contributed by atoms with Gasteiger partial charge in [0.05, 0.1) is 11.4 Å². The Morgan fingerprint density at radius 1 is 0.400 bits per heavy atom. The molecule has 0 saturated heterocycles. The Morgan fingerprint density at radius 3 is 0.817 bits per heavy atom. The van der Waals surface area contributed by atoms with Gasteiger partial charge >= 0.3 is 0 Å². The number of aliphatic imine (C=N–C) groups is 2. The zero-order valence-corrected chi connectivity index (χ0v) is 43.6. The van der Waals surface area contributed by atoms with Crippen LogP contribution < -0.4 is 0 Å². The van der Waals surface area contributed by atoms with Crippen LogP contribution >= 0.6 is 30.2 Å². The molecule has 0 aliphatic carbocycles. The number of allylic oxidation sites excluding steroid dienone is 4. The minimum absolute atomic E-state index is 0. The maximum atomic E-state index is 4.95. The number of para-hydroxylation sites is 4. The predicted molar refractivity (Wildman–Crippen MR) is 268 cm³/mol. The van der Waals surface area contributed by atoms with Crippen LogP contribution in [-0.2, 0) is 84.9 Å². The van der Waals surface area contributed by atoms with Gasteiger partial charge in [0.15, 0.2) is 0 Å². The fraction of sp³-hybridized carbons (Fsp3) is 0.400. The number of nitrogens with zero attached hydrogens (tertiary/aromatic N) is 4. The topological polar surface area (TPSA) is 52.9 Å². The maximum Gasteiger partial charge on any atom is 0.0696 e. The molecule has 0 bridgehead atoms. The monoisotopic (exact) mass is 964 g/mol. The Labute approximate surface area is 391 Å². The van der Waals surface area contributed by atoms with Crippen molar-refractivity contribution in [2.75, 3.05) is 0 Å². The summed E-state index contributed by atoms with van der Waals surface area (Å²) in [5.74, 6) is 0. The summed E-state index contributed by atoms with van der Waals surface area (Å²) in [6, 6.07) is 26.0. The van der Waals surface area contributed by atoms with E-state index in [1.54, 1.807) is 30.2 Å². The maximum absolute atomic E-state index is 4.95. The van der Waals surface area contributed by atoms with Crippen molar-refractivity contribution in [1.29, 1.82) is 0 Å². The second-order valence-electron chi connectivity index (χ2n) is 14.2. The second kappa shape index (κ2) is 30.5. The molecule has 0 unspecified atom stereocenters. The van der Waals surface area contributed by atoms with E-state index in [0.717, 1.165) is 96.9 Å². The van der Waals surface area contributed by atoms with Crippen LogP contribution in [0.5, 0.6) is 0 Å². The van der Waals surface area contributed by atoms with Crippen LogP contribution in [0.15, 0.2) is 106 Å². The minimum Gasteiger partial charge on any atom is -0.661 e. The van der Waals surface area contributed by atoms with Gasteiger partial charge < -0.3 is 10.6 Å². The Hall–Kier alpha value is -2.49. The van der Waals surface area contributed by atoms with Crippen molar-refractivity contribution in [3.05, 3.63) is 151 Å². The SMILES string of the molecule is CCc1cccc(CC)c1N=C(C)/C=C(/C)[N-]c1c(CC)cccc1CC.CCc1cccc(CC)c1N=C(C)/C=C(/C)[N-]c1c(CC)cccc1CC.P1=PP=P1.[Co].[Co]. The Morgan fingerprint density at radius 2 is 0.617 bits per heavy atom. The summed E-state index contributed by atoms with van der Waals surface area (Å²) in [6.07, 6.45) is 12.2. The van der Waals surface area contributed by atoms with Gasteiger partial charge in [-0.15, -0.1) is 11.4 Å². The van der Waals surface area contributed by atoms with E-state index in [2.05, 4.69) is 168 Å². The molecule has 1 heterocycles. The second-order valence-corrected chi connectivity index (χ2v) is 23.5. The molecule has 4 aromatic rings. The van der Waals surface area contributed by atoms with Crippen molar-refractivity contribution in [3.8, 4) is 0 Å². The molecule has 0 amide bonds. The van der Waals surface area contributed by atoms with Gasteiger partial charge in [-0.05, 0) is 87.5 Å². The summed E-state index contributed by atoms with van der Waals surface area (Å²) in [7, 11) is 6.44. The fourth-order valence-electron chi connectivity index (χ4n) is 6.91. The molecule has 4 nitrogen and oxygen atoms in total. The van der Waals surface area contributed by atoms with E-state index in [-0.39, 0.29) is 33.6 Å². The van der Waals surface area contributed by atoms with Crippen LogP contribution in [0.1, 0.15) is 128 Å². The molecule has 2 radical (unpaired) electrons. The Kier molecular flexibility index (Phi) is 28.3. The zero-order chi connectivity index (χ0) is 42.5. The predicted octanol–water partition coefficient (Wildman–Crippen LogP) is 18.7. The molecular weight excluding hydrogens is 898 g/mol. The van der Waals surface area contributed by atoms with Gasteiger partial charge in [-0.2, -0.15) is 11.4 Å². The summed E-state index contributed by atoms with van der Waals surface area (Å²) < 4.78 is 0. The molecule has 10 heteroatoms. The molecule has 4 aromatic carbocycles. The van der Waals surface area contributed by atoms with Crippen molar-refractivity contribution < 1.29 is 33.6 Å². The van der Waals surface area contributed by atoms with Gasteiger partial charge in [-0.25, -0.2) is 0 Å². The molecule has 0 saturated carbocycles. The molecule has 0 atom stereocenters. The first kappa shape index (κ1) is 55.5. The van der Waals surface area contributed by atoms with Gasteiger partial charge in [-0.1, -0.05) is 176 Å². The van der Waals surface area contributed by atoms with Crippen molar-refractivity contribution in [1.82, 2.24) is 0 Å². The molecule has 0 N–H and O–H groups in total. The Balaban J connectivity index is 0.000000531. The van der Waals surface area contributed by atoms with Gasteiger partial charge in [0.1, 0.15) is 0 Å². The van der Waals surface area contributed by atoms with Gasteiger partial charge in [0.2, 0.25) is 0 Å². The van der Waals surface area contributed by atoms with Crippen LogP contribution in [0.3, 0.4) is 0 Å². The van der Waals surface area contributed by atoms with E-state index in [0.29, 0.717) is 0 Å². The number of hydrogen-bond acceptors (Lipinski definition) is 2. The Bertz CT molecular complexity index is 1890. The summed E-state index contributed by atoms with van der Waals surface area (Å²) in [5.41, 5.74) is 19.0. The van der Waals surface area contributed by atoms with Crippen LogP contribution in [0, 0.1) is 0 Å². The third-order valence-electron chi connectivity index (χ3n) is 10.0. The molecule has 1 aliphatic rings. The molecule has 0 fully saturated rings. The largest absolute Gasteiger partial charge is 0.661 e. The first-order valence-electron chi connectivity index (χ1n) is 21.2. The van der Waals surface area contributed by atoms with E-state index in [4.69, 9.17) is 20.6 Å². The third-order valence-corrected chi connectivity index (χ3v) is 22.8. The minimum atomic E-state index is 0. The van der Waals surface area contributed by atoms with Crippen LogP contribution in [0.4, 0.5) is 22.7 Å². The molecule has 5 rings (SSSR count). The normalized spacial score (nSPS) is 13.3. The summed E-state index contributed by atoms with van der Waals surface area (Å²) in [6.45, 7) is 25.8. The van der Waals surface area contributed by atoms with Crippen LogP contribution in [-0.4, -0.2) is 11.4 Å². The van der Waals surface area contributed by atoms with Gasteiger partial charge in [-0.3, -0.25) is 9.98 Å². The summed E-state index contributed by atoms with van der Waals surface area (Å²) in [4.78, 5) is 9.90. The van der Waals surface area contributed by atoms with E-state index >= 15 is 0 Å².